The highest BCUT2D eigenvalue weighted by Gasteiger charge is 2.52. The molecule has 2 N–H and O–H groups in total. The Balaban J connectivity index is 2.16. The smallest absolute Gasteiger partial charge is 0.309 e. The van der Waals surface area contributed by atoms with E-state index in [0.717, 1.165) is 0 Å². The van der Waals surface area contributed by atoms with Crippen molar-refractivity contribution in [2.45, 2.75) is 50.5 Å². The summed E-state index contributed by atoms with van der Waals surface area (Å²) in [4.78, 5) is 11.3. The van der Waals surface area contributed by atoms with Crippen LogP contribution in [0.5, 0.6) is 0 Å². The van der Waals surface area contributed by atoms with Gasteiger partial charge in [-0.2, -0.15) is 0 Å². The summed E-state index contributed by atoms with van der Waals surface area (Å²) in [6, 6.07) is 0. The normalized spacial score (nSPS) is 39.0. The zero-order chi connectivity index (χ0) is 11.9. The predicted molar refractivity (Wildman–Crippen MR) is 51.4 cm³/mol. The van der Waals surface area contributed by atoms with Crippen LogP contribution in [0.15, 0.2) is 0 Å². The molecule has 2 heterocycles. The zero-order valence-corrected chi connectivity index (χ0v) is 9.25. The van der Waals surface area contributed by atoms with Crippen molar-refractivity contribution >= 4 is 5.97 Å². The summed E-state index contributed by atoms with van der Waals surface area (Å²) in [6.45, 7) is 2.99. The molecule has 0 aliphatic carbocycles. The first-order chi connectivity index (χ1) is 7.43. The molecule has 0 aromatic carbocycles. The second-order valence-corrected chi connectivity index (χ2v) is 4.55. The number of hydrogen-bond acceptors (Lipinski definition) is 6. The van der Waals surface area contributed by atoms with Crippen molar-refractivity contribution in [2.75, 3.05) is 6.61 Å². The molecule has 6 heteroatoms. The molecular weight excluding hydrogens is 216 g/mol. The fourth-order valence-corrected chi connectivity index (χ4v) is 2.13. The van der Waals surface area contributed by atoms with E-state index in [1.54, 1.807) is 13.8 Å². The third-order valence-electron chi connectivity index (χ3n) is 2.75. The number of esters is 1. The van der Waals surface area contributed by atoms with Crippen LogP contribution in [-0.4, -0.2) is 53.0 Å². The van der Waals surface area contributed by atoms with Crippen molar-refractivity contribution in [2.24, 2.45) is 0 Å². The Morgan fingerprint density at radius 2 is 2.19 bits per heavy atom. The quantitative estimate of drug-likeness (QED) is 0.605. The third-order valence-corrected chi connectivity index (χ3v) is 2.75. The first-order valence-corrected chi connectivity index (χ1v) is 5.27. The van der Waals surface area contributed by atoms with Gasteiger partial charge in [0.1, 0.15) is 18.3 Å². The van der Waals surface area contributed by atoms with Gasteiger partial charge in [0.15, 0.2) is 11.9 Å². The van der Waals surface area contributed by atoms with Crippen LogP contribution in [0, 0.1) is 0 Å². The molecule has 16 heavy (non-hydrogen) atoms. The summed E-state index contributed by atoms with van der Waals surface area (Å²) >= 11 is 0. The summed E-state index contributed by atoms with van der Waals surface area (Å²) in [5.41, 5.74) is 0. The van der Waals surface area contributed by atoms with E-state index in [2.05, 4.69) is 0 Å². The maximum Gasteiger partial charge on any atom is 0.309 e. The standard InChI is InChI=1S/C10H16O6/c1-10(2)15-6-3-7(13)14-8(5(12)4-11)9(6)16-10/h5-6,8-9,11-12H,3-4H2,1-2H3/t5-,6+,8+,9+/m0/s1. The van der Waals surface area contributed by atoms with Crippen molar-refractivity contribution in [3.8, 4) is 0 Å². The Hall–Kier alpha value is -0.690. The van der Waals surface area contributed by atoms with Gasteiger partial charge in [0.25, 0.3) is 0 Å². The molecule has 2 saturated heterocycles. The molecule has 2 aliphatic heterocycles. The van der Waals surface area contributed by atoms with E-state index in [0.29, 0.717) is 0 Å². The highest BCUT2D eigenvalue weighted by atomic mass is 16.8. The number of rotatable bonds is 2. The average molecular weight is 232 g/mol. The molecule has 0 unspecified atom stereocenters. The minimum Gasteiger partial charge on any atom is -0.457 e. The second kappa shape index (κ2) is 3.96. The Labute approximate surface area is 93.1 Å². The molecule has 0 aromatic rings. The number of aliphatic hydroxyl groups is 2. The number of ether oxygens (including phenoxy) is 3. The predicted octanol–water partition coefficient (Wildman–Crippen LogP) is -0.825. The zero-order valence-electron chi connectivity index (χ0n) is 9.25. The average Bonchev–Trinajstić information content (AvgIpc) is 2.49. The number of carbonyl (C=O) groups is 1. The van der Waals surface area contributed by atoms with E-state index in [9.17, 15) is 9.90 Å². The van der Waals surface area contributed by atoms with E-state index >= 15 is 0 Å². The van der Waals surface area contributed by atoms with Gasteiger partial charge < -0.3 is 24.4 Å². The molecule has 2 rings (SSSR count). The van der Waals surface area contributed by atoms with Crippen LogP contribution in [0.25, 0.3) is 0 Å². The molecule has 2 fully saturated rings. The number of aliphatic hydroxyl groups excluding tert-OH is 2. The van der Waals surface area contributed by atoms with Crippen LogP contribution in [-0.2, 0) is 19.0 Å². The highest BCUT2D eigenvalue weighted by Crippen LogP contribution is 2.36. The van der Waals surface area contributed by atoms with Crippen LogP contribution in [0.4, 0.5) is 0 Å². The molecule has 0 saturated carbocycles. The van der Waals surface area contributed by atoms with E-state index in [1.165, 1.54) is 0 Å². The summed E-state index contributed by atoms with van der Waals surface area (Å²) in [5.74, 6) is -1.24. The highest BCUT2D eigenvalue weighted by molar-refractivity contribution is 5.71. The van der Waals surface area contributed by atoms with Gasteiger partial charge in [-0.05, 0) is 13.8 Å². The first-order valence-electron chi connectivity index (χ1n) is 5.27. The molecular formula is C10H16O6. The maximum atomic E-state index is 11.3. The molecule has 2 aliphatic rings. The van der Waals surface area contributed by atoms with E-state index in [-0.39, 0.29) is 6.42 Å². The molecule has 92 valence electrons. The lowest BCUT2D eigenvalue weighted by Gasteiger charge is -2.32. The summed E-state index contributed by atoms with van der Waals surface area (Å²) < 4.78 is 16.1. The lowest BCUT2D eigenvalue weighted by molar-refractivity contribution is -0.186. The molecule has 0 aromatic heterocycles. The van der Waals surface area contributed by atoms with Crippen LogP contribution >= 0.6 is 0 Å². The van der Waals surface area contributed by atoms with Gasteiger partial charge in [-0.1, -0.05) is 0 Å². The van der Waals surface area contributed by atoms with E-state index in [4.69, 9.17) is 19.3 Å². The first kappa shape index (κ1) is 11.8. The van der Waals surface area contributed by atoms with Gasteiger partial charge in [0.05, 0.1) is 13.0 Å². The van der Waals surface area contributed by atoms with E-state index in [1.807, 2.05) is 0 Å². The molecule has 0 spiro atoms. The van der Waals surface area contributed by atoms with Crippen molar-refractivity contribution in [3.05, 3.63) is 0 Å². The lowest BCUT2D eigenvalue weighted by Crippen LogP contribution is -2.51. The summed E-state index contributed by atoms with van der Waals surface area (Å²) in [5, 5.41) is 18.4. The summed E-state index contributed by atoms with van der Waals surface area (Å²) in [6.07, 6.45) is -2.83. The Morgan fingerprint density at radius 3 is 2.81 bits per heavy atom. The van der Waals surface area contributed by atoms with Gasteiger partial charge in [-0.15, -0.1) is 0 Å². The maximum absolute atomic E-state index is 11.3. The number of cyclic esters (lactones) is 1. The van der Waals surface area contributed by atoms with Gasteiger partial charge >= 0.3 is 5.97 Å². The molecule has 4 atom stereocenters. The van der Waals surface area contributed by atoms with Gasteiger partial charge in [0.2, 0.25) is 0 Å². The topological polar surface area (TPSA) is 85.2 Å². The van der Waals surface area contributed by atoms with Gasteiger partial charge in [0, 0.05) is 0 Å². The van der Waals surface area contributed by atoms with Crippen molar-refractivity contribution in [1.82, 2.24) is 0 Å². The van der Waals surface area contributed by atoms with Crippen molar-refractivity contribution in [3.63, 3.8) is 0 Å². The minimum atomic E-state index is -1.14. The van der Waals surface area contributed by atoms with Crippen LogP contribution in [0.2, 0.25) is 0 Å². The van der Waals surface area contributed by atoms with Crippen molar-refractivity contribution in [1.29, 1.82) is 0 Å². The van der Waals surface area contributed by atoms with Crippen molar-refractivity contribution < 1.29 is 29.2 Å². The third kappa shape index (κ3) is 2.06. The monoisotopic (exact) mass is 232 g/mol. The second-order valence-electron chi connectivity index (χ2n) is 4.55. The summed E-state index contributed by atoms with van der Waals surface area (Å²) in [7, 11) is 0. The van der Waals surface area contributed by atoms with Crippen LogP contribution in [0.3, 0.4) is 0 Å². The number of carbonyl (C=O) groups excluding carboxylic acids is 1. The Kier molecular flexibility index (Phi) is 2.91. The number of fused-ring (bicyclic) bond motifs is 1. The molecule has 0 radical (unpaired) electrons. The largest absolute Gasteiger partial charge is 0.457 e. The SMILES string of the molecule is CC1(C)O[C@H]2[C@@H]([C@@H](O)CO)OC(=O)C[C@H]2O1. The van der Waals surface area contributed by atoms with Crippen LogP contribution in [0.1, 0.15) is 20.3 Å². The Morgan fingerprint density at radius 1 is 1.50 bits per heavy atom. The molecule has 0 bridgehead atoms. The van der Waals surface area contributed by atoms with E-state index < -0.39 is 42.8 Å². The number of hydrogen-bond donors (Lipinski definition) is 2. The van der Waals surface area contributed by atoms with Crippen LogP contribution < -0.4 is 0 Å². The molecule has 6 nitrogen and oxygen atoms in total. The van der Waals surface area contributed by atoms with Gasteiger partial charge in [-0.25, -0.2) is 0 Å². The Bertz CT molecular complexity index is 289. The lowest BCUT2D eigenvalue weighted by atomic mass is 9.98. The molecule has 0 amide bonds. The fourth-order valence-electron chi connectivity index (χ4n) is 2.13. The fraction of sp³-hybridized carbons (Fsp3) is 0.900. The minimum absolute atomic E-state index is 0.114. The van der Waals surface area contributed by atoms with Gasteiger partial charge in [-0.3, -0.25) is 4.79 Å².